The van der Waals surface area contributed by atoms with Gasteiger partial charge in [-0.1, -0.05) is 61.2 Å². The maximum atomic E-state index is 13.4. The molecule has 33 heavy (non-hydrogen) atoms. The van der Waals surface area contributed by atoms with Crippen molar-refractivity contribution in [2.24, 2.45) is 0 Å². The Morgan fingerprint density at radius 1 is 1.12 bits per heavy atom. The van der Waals surface area contributed by atoms with E-state index in [-0.39, 0.29) is 24.5 Å². The summed E-state index contributed by atoms with van der Waals surface area (Å²) < 4.78 is 5.85. The Balaban J connectivity index is 1.78. The number of rotatable bonds is 9. The summed E-state index contributed by atoms with van der Waals surface area (Å²) in [4.78, 5) is 28.2. The van der Waals surface area contributed by atoms with E-state index in [9.17, 15) is 9.59 Å². The first-order valence-corrected chi connectivity index (χ1v) is 12.2. The molecular formula is C27H35ClN2O3. The van der Waals surface area contributed by atoms with E-state index in [1.54, 1.807) is 4.90 Å². The third-order valence-electron chi connectivity index (χ3n) is 6.30. The lowest BCUT2D eigenvalue weighted by molar-refractivity contribution is -0.143. The number of carbonyl (C=O) groups is 2. The molecule has 5 nitrogen and oxygen atoms in total. The van der Waals surface area contributed by atoms with Crippen LogP contribution in [0.15, 0.2) is 36.4 Å². The van der Waals surface area contributed by atoms with E-state index in [4.69, 9.17) is 16.3 Å². The van der Waals surface area contributed by atoms with Crippen LogP contribution in [0.5, 0.6) is 5.75 Å². The second-order valence-corrected chi connectivity index (χ2v) is 9.46. The van der Waals surface area contributed by atoms with Crippen molar-refractivity contribution in [3.05, 3.63) is 63.7 Å². The monoisotopic (exact) mass is 470 g/mol. The van der Waals surface area contributed by atoms with Gasteiger partial charge in [0.15, 0.2) is 6.61 Å². The smallest absolute Gasteiger partial charge is 0.261 e. The quantitative estimate of drug-likeness (QED) is 0.525. The number of amides is 2. The molecule has 2 aromatic rings. The van der Waals surface area contributed by atoms with Crippen LogP contribution in [0.25, 0.3) is 0 Å². The number of halogens is 1. The molecule has 0 spiro atoms. The molecule has 1 aliphatic carbocycles. The van der Waals surface area contributed by atoms with Crippen molar-refractivity contribution in [2.45, 2.75) is 78.4 Å². The standard InChI is InChI=1S/C27H35ClN2O3/c1-5-24(27(32)29-22-11-6-7-12-22)30(16-21-10-8-9-18(2)13-21)25(31)17-33-23-14-19(3)26(28)20(4)15-23/h8-10,13-15,22,24H,5-7,11-12,16-17H2,1-4H3,(H,29,32)/t24-/m0/s1. The molecule has 1 saturated carbocycles. The molecule has 0 aliphatic heterocycles. The number of hydrogen-bond acceptors (Lipinski definition) is 3. The Morgan fingerprint density at radius 3 is 2.39 bits per heavy atom. The van der Waals surface area contributed by atoms with E-state index in [2.05, 4.69) is 11.4 Å². The third kappa shape index (κ3) is 6.73. The number of carbonyl (C=O) groups excluding carboxylic acids is 2. The van der Waals surface area contributed by atoms with Gasteiger partial charge in [-0.2, -0.15) is 0 Å². The van der Waals surface area contributed by atoms with E-state index in [1.165, 1.54) is 0 Å². The number of aryl methyl sites for hydroxylation is 3. The van der Waals surface area contributed by atoms with Gasteiger partial charge in [-0.05, 0) is 68.9 Å². The molecule has 0 aromatic heterocycles. The average molecular weight is 471 g/mol. The Morgan fingerprint density at radius 2 is 1.79 bits per heavy atom. The summed E-state index contributed by atoms with van der Waals surface area (Å²) >= 11 is 6.26. The summed E-state index contributed by atoms with van der Waals surface area (Å²) in [5, 5.41) is 3.87. The molecule has 1 atom stereocenters. The Kier molecular flexibility index (Phi) is 8.79. The normalized spacial score (nSPS) is 14.7. The summed E-state index contributed by atoms with van der Waals surface area (Å²) in [7, 11) is 0. The highest BCUT2D eigenvalue weighted by Gasteiger charge is 2.31. The number of benzene rings is 2. The van der Waals surface area contributed by atoms with E-state index in [0.29, 0.717) is 23.7 Å². The van der Waals surface area contributed by atoms with Crippen molar-refractivity contribution >= 4 is 23.4 Å². The highest BCUT2D eigenvalue weighted by molar-refractivity contribution is 6.32. The molecular weight excluding hydrogens is 436 g/mol. The molecule has 1 aliphatic rings. The van der Waals surface area contributed by atoms with Crippen molar-refractivity contribution in [1.29, 1.82) is 0 Å². The zero-order valence-corrected chi connectivity index (χ0v) is 20.9. The molecule has 0 radical (unpaired) electrons. The Labute approximate surface area is 202 Å². The van der Waals surface area contributed by atoms with Gasteiger partial charge in [0.05, 0.1) is 0 Å². The number of ether oxygens (including phenoxy) is 1. The molecule has 0 bridgehead atoms. The van der Waals surface area contributed by atoms with Gasteiger partial charge in [0, 0.05) is 17.6 Å². The molecule has 6 heteroatoms. The van der Waals surface area contributed by atoms with Gasteiger partial charge in [0.25, 0.3) is 5.91 Å². The summed E-state index contributed by atoms with van der Waals surface area (Å²) in [5.74, 6) is 0.306. The highest BCUT2D eigenvalue weighted by atomic mass is 35.5. The predicted octanol–water partition coefficient (Wildman–Crippen LogP) is 5.51. The molecule has 178 valence electrons. The van der Waals surface area contributed by atoms with Crippen LogP contribution in [0, 0.1) is 20.8 Å². The summed E-state index contributed by atoms with van der Waals surface area (Å²) in [5.41, 5.74) is 3.91. The van der Waals surface area contributed by atoms with E-state index >= 15 is 0 Å². The van der Waals surface area contributed by atoms with Crippen LogP contribution < -0.4 is 10.1 Å². The summed E-state index contributed by atoms with van der Waals surface area (Å²) in [6, 6.07) is 11.4. The first-order chi connectivity index (χ1) is 15.8. The first kappa shape index (κ1) is 25.1. The largest absolute Gasteiger partial charge is 0.484 e. The minimum absolute atomic E-state index is 0.0800. The van der Waals surface area contributed by atoms with Gasteiger partial charge in [0.2, 0.25) is 5.91 Å². The van der Waals surface area contributed by atoms with E-state index in [0.717, 1.165) is 47.9 Å². The molecule has 0 unspecified atom stereocenters. The Bertz CT molecular complexity index is 962. The van der Waals surface area contributed by atoms with E-state index in [1.807, 2.05) is 58.0 Å². The van der Waals surface area contributed by atoms with Gasteiger partial charge in [-0.3, -0.25) is 9.59 Å². The van der Waals surface area contributed by atoms with Gasteiger partial charge < -0.3 is 15.0 Å². The molecule has 0 heterocycles. The highest BCUT2D eigenvalue weighted by Crippen LogP contribution is 2.26. The second-order valence-electron chi connectivity index (χ2n) is 9.08. The van der Waals surface area contributed by atoms with Crippen molar-refractivity contribution < 1.29 is 14.3 Å². The fourth-order valence-electron chi connectivity index (χ4n) is 4.51. The van der Waals surface area contributed by atoms with Crippen LogP contribution in [0.4, 0.5) is 0 Å². The molecule has 3 rings (SSSR count). The average Bonchev–Trinajstić information content (AvgIpc) is 3.28. The molecule has 1 N–H and O–H groups in total. The van der Waals surface area contributed by atoms with Crippen LogP contribution >= 0.6 is 11.6 Å². The maximum Gasteiger partial charge on any atom is 0.261 e. The van der Waals surface area contributed by atoms with Crippen molar-refractivity contribution in [1.82, 2.24) is 10.2 Å². The first-order valence-electron chi connectivity index (χ1n) is 11.8. The maximum absolute atomic E-state index is 13.4. The molecule has 1 fully saturated rings. The van der Waals surface area contributed by atoms with Crippen molar-refractivity contribution in [2.75, 3.05) is 6.61 Å². The second kappa shape index (κ2) is 11.6. The van der Waals surface area contributed by atoms with Crippen LogP contribution in [0.3, 0.4) is 0 Å². The molecule has 2 aromatic carbocycles. The molecule has 0 saturated heterocycles. The van der Waals surface area contributed by atoms with Crippen LogP contribution in [0.1, 0.15) is 61.3 Å². The van der Waals surface area contributed by atoms with Gasteiger partial charge >= 0.3 is 0 Å². The van der Waals surface area contributed by atoms with Gasteiger partial charge in [-0.25, -0.2) is 0 Å². The van der Waals surface area contributed by atoms with Gasteiger partial charge in [-0.15, -0.1) is 0 Å². The zero-order chi connectivity index (χ0) is 24.0. The Hall–Kier alpha value is -2.53. The lowest BCUT2D eigenvalue weighted by Crippen LogP contribution is -2.52. The number of hydrogen-bond donors (Lipinski definition) is 1. The lowest BCUT2D eigenvalue weighted by atomic mass is 10.1. The van der Waals surface area contributed by atoms with Gasteiger partial charge in [0.1, 0.15) is 11.8 Å². The summed E-state index contributed by atoms with van der Waals surface area (Å²) in [6.07, 6.45) is 4.83. The topological polar surface area (TPSA) is 58.6 Å². The fraction of sp³-hybridized carbons (Fsp3) is 0.481. The molecule has 2 amide bonds. The minimum atomic E-state index is -0.545. The predicted molar refractivity (Wildman–Crippen MR) is 133 cm³/mol. The van der Waals surface area contributed by atoms with Crippen LogP contribution in [-0.2, 0) is 16.1 Å². The number of nitrogens with one attached hydrogen (secondary N) is 1. The zero-order valence-electron chi connectivity index (χ0n) is 20.1. The van der Waals surface area contributed by atoms with Crippen LogP contribution in [0.2, 0.25) is 5.02 Å². The number of nitrogens with zero attached hydrogens (tertiary/aromatic N) is 1. The minimum Gasteiger partial charge on any atom is -0.484 e. The fourth-order valence-corrected chi connectivity index (χ4v) is 4.62. The van der Waals surface area contributed by atoms with Crippen molar-refractivity contribution in [3.63, 3.8) is 0 Å². The van der Waals surface area contributed by atoms with Crippen LogP contribution in [-0.4, -0.2) is 35.4 Å². The summed E-state index contributed by atoms with van der Waals surface area (Å²) in [6.45, 7) is 8.01. The third-order valence-corrected chi connectivity index (χ3v) is 6.89. The van der Waals surface area contributed by atoms with E-state index < -0.39 is 6.04 Å². The lowest BCUT2D eigenvalue weighted by Gasteiger charge is -2.31. The van der Waals surface area contributed by atoms with Crippen molar-refractivity contribution in [3.8, 4) is 5.75 Å². The SMILES string of the molecule is CC[C@@H](C(=O)NC1CCCC1)N(Cc1cccc(C)c1)C(=O)COc1cc(C)c(Cl)c(C)c1.